The summed E-state index contributed by atoms with van der Waals surface area (Å²) in [5.41, 5.74) is 1.34. The third-order valence-corrected chi connectivity index (χ3v) is 3.29. The summed E-state index contributed by atoms with van der Waals surface area (Å²) >= 11 is 0. The average molecular weight is 316 g/mol. The number of methoxy groups -OCH3 is 2. The molecule has 0 aliphatic carbocycles. The van der Waals surface area contributed by atoms with E-state index in [0.29, 0.717) is 22.7 Å². The molecular weight excluding hydrogens is 300 g/mol. The van der Waals surface area contributed by atoms with Gasteiger partial charge in [0.25, 0.3) is 11.6 Å². The van der Waals surface area contributed by atoms with Gasteiger partial charge in [-0.1, -0.05) is 6.07 Å². The lowest BCUT2D eigenvalue weighted by Crippen LogP contribution is -2.13. The molecule has 0 fully saturated rings. The van der Waals surface area contributed by atoms with Crippen LogP contribution in [0.3, 0.4) is 0 Å². The molecule has 0 saturated carbocycles. The van der Waals surface area contributed by atoms with Crippen LogP contribution in [0.5, 0.6) is 11.5 Å². The molecule has 7 heteroatoms. The molecule has 1 N–H and O–H groups in total. The Labute approximate surface area is 133 Å². The van der Waals surface area contributed by atoms with Gasteiger partial charge in [0, 0.05) is 23.8 Å². The molecule has 0 bridgehead atoms. The summed E-state index contributed by atoms with van der Waals surface area (Å²) in [7, 11) is 2.97. The van der Waals surface area contributed by atoms with Crippen LogP contribution >= 0.6 is 0 Å². The van der Waals surface area contributed by atoms with E-state index in [4.69, 9.17) is 9.47 Å². The molecule has 120 valence electrons. The Hall–Kier alpha value is -3.09. The second-order valence-electron chi connectivity index (χ2n) is 4.81. The Morgan fingerprint density at radius 2 is 1.70 bits per heavy atom. The molecule has 0 saturated heterocycles. The second-order valence-corrected chi connectivity index (χ2v) is 4.81. The topological polar surface area (TPSA) is 90.7 Å². The second kappa shape index (κ2) is 6.78. The van der Waals surface area contributed by atoms with Gasteiger partial charge in [0.15, 0.2) is 0 Å². The van der Waals surface area contributed by atoms with Crippen molar-refractivity contribution in [3.63, 3.8) is 0 Å². The van der Waals surface area contributed by atoms with Crippen molar-refractivity contribution in [1.29, 1.82) is 0 Å². The van der Waals surface area contributed by atoms with E-state index in [9.17, 15) is 14.9 Å². The molecule has 0 atom stereocenters. The lowest BCUT2D eigenvalue weighted by atomic mass is 10.1. The summed E-state index contributed by atoms with van der Waals surface area (Å²) in [6.45, 7) is 1.76. The van der Waals surface area contributed by atoms with Crippen molar-refractivity contribution >= 4 is 17.3 Å². The molecule has 23 heavy (non-hydrogen) atoms. The number of aryl methyl sites for hydroxylation is 1. The molecule has 0 spiro atoms. The predicted octanol–water partition coefficient (Wildman–Crippen LogP) is 3.17. The first-order valence-corrected chi connectivity index (χ1v) is 6.74. The van der Waals surface area contributed by atoms with Crippen LogP contribution < -0.4 is 14.8 Å². The number of hydrogen-bond acceptors (Lipinski definition) is 5. The first-order chi connectivity index (χ1) is 10.9. The number of non-ortho nitro benzene ring substituents is 1. The molecule has 0 heterocycles. The molecule has 2 aromatic rings. The third-order valence-electron chi connectivity index (χ3n) is 3.29. The highest BCUT2D eigenvalue weighted by Gasteiger charge is 2.14. The van der Waals surface area contributed by atoms with Gasteiger partial charge in [-0.15, -0.1) is 0 Å². The van der Waals surface area contributed by atoms with Gasteiger partial charge in [0.05, 0.1) is 24.8 Å². The van der Waals surface area contributed by atoms with Crippen LogP contribution in [0.2, 0.25) is 0 Å². The van der Waals surface area contributed by atoms with Crippen molar-refractivity contribution in [1.82, 2.24) is 0 Å². The number of nitrogens with one attached hydrogen (secondary N) is 1. The molecule has 0 radical (unpaired) electrons. The standard InChI is InChI=1S/C16H16N2O5/c1-10-4-5-12(18(20)21)8-15(10)17-16(19)11-6-13(22-2)9-14(7-11)23-3/h4-9H,1-3H3,(H,17,19). The van der Waals surface area contributed by atoms with Crippen molar-refractivity contribution in [2.75, 3.05) is 19.5 Å². The van der Waals surface area contributed by atoms with Crippen molar-refractivity contribution in [2.24, 2.45) is 0 Å². The zero-order valence-corrected chi connectivity index (χ0v) is 13.0. The number of nitrogens with zero attached hydrogens (tertiary/aromatic N) is 1. The van der Waals surface area contributed by atoms with Crippen LogP contribution in [0.1, 0.15) is 15.9 Å². The number of nitro benzene ring substituents is 1. The number of anilines is 1. The third kappa shape index (κ3) is 3.76. The van der Waals surface area contributed by atoms with Crippen LogP contribution in [-0.4, -0.2) is 25.1 Å². The molecule has 0 aliphatic heterocycles. The van der Waals surface area contributed by atoms with E-state index >= 15 is 0 Å². The van der Waals surface area contributed by atoms with Gasteiger partial charge in [-0.3, -0.25) is 14.9 Å². The number of carbonyl (C=O) groups is 1. The Bertz CT molecular complexity index is 736. The van der Waals surface area contributed by atoms with Crippen molar-refractivity contribution in [3.8, 4) is 11.5 Å². The quantitative estimate of drug-likeness (QED) is 0.676. The molecule has 0 aromatic heterocycles. The number of amides is 1. The number of benzene rings is 2. The van der Waals surface area contributed by atoms with Gasteiger partial charge in [0.2, 0.25) is 0 Å². The van der Waals surface area contributed by atoms with Gasteiger partial charge < -0.3 is 14.8 Å². The lowest BCUT2D eigenvalue weighted by molar-refractivity contribution is -0.384. The van der Waals surface area contributed by atoms with Gasteiger partial charge in [-0.25, -0.2) is 0 Å². The fourth-order valence-electron chi connectivity index (χ4n) is 1.99. The van der Waals surface area contributed by atoms with Crippen LogP contribution in [-0.2, 0) is 0 Å². The van der Waals surface area contributed by atoms with Crippen LogP contribution in [0.4, 0.5) is 11.4 Å². The van der Waals surface area contributed by atoms with E-state index in [1.807, 2.05) is 0 Å². The van der Waals surface area contributed by atoms with E-state index in [-0.39, 0.29) is 5.69 Å². The summed E-state index contributed by atoms with van der Waals surface area (Å²) in [6.07, 6.45) is 0. The highest BCUT2D eigenvalue weighted by atomic mass is 16.6. The number of hydrogen-bond donors (Lipinski definition) is 1. The molecule has 7 nitrogen and oxygen atoms in total. The number of ether oxygens (including phenoxy) is 2. The fourth-order valence-corrected chi connectivity index (χ4v) is 1.99. The van der Waals surface area contributed by atoms with Gasteiger partial charge >= 0.3 is 0 Å². The molecule has 2 aromatic carbocycles. The number of rotatable bonds is 5. The molecular formula is C16H16N2O5. The summed E-state index contributed by atoms with van der Waals surface area (Å²) in [4.78, 5) is 22.7. The summed E-state index contributed by atoms with van der Waals surface area (Å²) < 4.78 is 10.2. The van der Waals surface area contributed by atoms with Crippen molar-refractivity contribution in [3.05, 3.63) is 57.6 Å². The van der Waals surface area contributed by atoms with E-state index < -0.39 is 10.8 Å². The Balaban J connectivity index is 2.32. The summed E-state index contributed by atoms with van der Waals surface area (Å²) in [5.74, 6) is 0.543. The maximum absolute atomic E-state index is 12.4. The lowest BCUT2D eigenvalue weighted by Gasteiger charge is -2.10. The minimum Gasteiger partial charge on any atom is -0.497 e. The first-order valence-electron chi connectivity index (χ1n) is 6.74. The van der Waals surface area contributed by atoms with Crippen LogP contribution in [0.25, 0.3) is 0 Å². The Kier molecular flexibility index (Phi) is 4.80. The maximum Gasteiger partial charge on any atom is 0.271 e. The van der Waals surface area contributed by atoms with E-state index in [1.54, 1.807) is 31.2 Å². The van der Waals surface area contributed by atoms with Crippen molar-refractivity contribution in [2.45, 2.75) is 6.92 Å². The highest BCUT2D eigenvalue weighted by molar-refractivity contribution is 6.05. The van der Waals surface area contributed by atoms with Gasteiger partial charge in [0.1, 0.15) is 11.5 Å². The molecule has 1 amide bonds. The monoisotopic (exact) mass is 316 g/mol. The largest absolute Gasteiger partial charge is 0.497 e. The minimum atomic E-state index is -0.510. The predicted molar refractivity (Wildman–Crippen MR) is 85.3 cm³/mol. The number of carbonyl (C=O) groups excluding carboxylic acids is 1. The van der Waals surface area contributed by atoms with E-state index in [0.717, 1.165) is 5.56 Å². The fraction of sp³-hybridized carbons (Fsp3) is 0.188. The maximum atomic E-state index is 12.4. The highest BCUT2D eigenvalue weighted by Crippen LogP contribution is 2.25. The van der Waals surface area contributed by atoms with Gasteiger partial charge in [-0.2, -0.15) is 0 Å². The summed E-state index contributed by atoms with van der Waals surface area (Å²) in [6, 6.07) is 9.06. The van der Waals surface area contributed by atoms with E-state index in [2.05, 4.69) is 5.32 Å². The van der Waals surface area contributed by atoms with Crippen molar-refractivity contribution < 1.29 is 19.2 Å². The normalized spacial score (nSPS) is 10.0. The summed E-state index contributed by atoms with van der Waals surface area (Å²) in [5, 5.41) is 13.5. The number of nitro groups is 1. The first kappa shape index (κ1) is 16.3. The Morgan fingerprint density at radius 3 is 2.22 bits per heavy atom. The van der Waals surface area contributed by atoms with Gasteiger partial charge in [-0.05, 0) is 24.6 Å². The van der Waals surface area contributed by atoms with E-state index in [1.165, 1.54) is 26.4 Å². The smallest absolute Gasteiger partial charge is 0.271 e. The molecule has 2 rings (SSSR count). The Morgan fingerprint density at radius 1 is 1.09 bits per heavy atom. The minimum absolute atomic E-state index is 0.0888. The average Bonchev–Trinajstić information content (AvgIpc) is 2.55. The zero-order chi connectivity index (χ0) is 17.0. The SMILES string of the molecule is COc1cc(OC)cc(C(=O)Nc2cc([N+](=O)[O-])ccc2C)c1. The van der Waals surface area contributed by atoms with Crippen LogP contribution in [0, 0.1) is 17.0 Å². The molecule has 0 aliphatic rings. The van der Waals surface area contributed by atoms with Crippen LogP contribution in [0.15, 0.2) is 36.4 Å². The zero-order valence-electron chi connectivity index (χ0n) is 13.0. The molecule has 0 unspecified atom stereocenters.